The van der Waals surface area contributed by atoms with Gasteiger partial charge in [0, 0.05) is 30.3 Å². The molecule has 0 unspecified atom stereocenters. The summed E-state index contributed by atoms with van der Waals surface area (Å²) >= 11 is 5.96. The molecule has 6 nitrogen and oxygen atoms in total. The monoisotopic (exact) mass is 421 g/mol. The number of hydrogen-bond donors (Lipinski definition) is 3. The molecule has 0 saturated carbocycles. The molecule has 1 saturated heterocycles. The van der Waals surface area contributed by atoms with E-state index < -0.39 is 0 Å². The van der Waals surface area contributed by atoms with Crippen molar-refractivity contribution < 1.29 is 5.11 Å². The Bertz CT molecular complexity index is 1130. The summed E-state index contributed by atoms with van der Waals surface area (Å²) in [6, 6.07) is 13.8. The second-order valence-corrected chi connectivity index (χ2v) is 8.42. The first-order valence-corrected chi connectivity index (χ1v) is 10.7. The first-order chi connectivity index (χ1) is 14.6. The highest BCUT2D eigenvalue weighted by Gasteiger charge is 2.30. The number of aromatic amines is 1. The Morgan fingerprint density at radius 1 is 1.07 bits per heavy atom. The smallest absolute Gasteiger partial charge is 0.145 e. The van der Waals surface area contributed by atoms with Crippen molar-refractivity contribution in [3.63, 3.8) is 0 Å². The van der Waals surface area contributed by atoms with Crippen LogP contribution in [0.15, 0.2) is 48.2 Å². The average molecular weight is 422 g/mol. The van der Waals surface area contributed by atoms with Crippen molar-refractivity contribution >= 4 is 39.7 Å². The maximum atomic E-state index is 10.6. The Kier molecular flexibility index (Phi) is 4.87. The van der Waals surface area contributed by atoms with Gasteiger partial charge in [-0.1, -0.05) is 23.7 Å². The van der Waals surface area contributed by atoms with Crippen molar-refractivity contribution in [3.05, 3.63) is 64.6 Å². The van der Waals surface area contributed by atoms with E-state index in [1.165, 1.54) is 24.9 Å². The quantitative estimate of drug-likeness (QED) is 0.555. The van der Waals surface area contributed by atoms with Gasteiger partial charge in [0.15, 0.2) is 0 Å². The second kappa shape index (κ2) is 7.69. The van der Waals surface area contributed by atoms with E-state index in [-0.39, 0.29) is 11.6 Å². The SMILES string of the molecule is N=C1C(c2nc3ccc(N4CCCCC4)cc3[nH]2)=C(O)CN1Cc1ccc(Cl)cc1. The highest BCUT2D eigenvalue weighted by Crippen LogP contribution is 2.30. The lowest BCUT2D eigenvalue weighted by molar-refractivity contribution is 0.347. The van der Waals surface area contributed by atoms with Gasteiger partial charge in [-0.15, -0.1) is 0 Å². The number of benzene rings is 2. The van der Waals surface area contributed by atoms with Crippen molar-refractivity contribution in [1.82, 2.24) is 14.9 Å². The second-order valence-electron chi connectivity index (χ2n) is 7.99. The number of imidazole rings is 1. The van der Waals surface area contributed by atoms with Crippen molar-refractivity contribution in [2.45, 2.75) is 25.8 Å². The molecule has 0 bridgehead atoms. The van der Waals surface area contributed by atoms with Crippen LogP contribution in [0.3, 0.4) is 0 Å². The molecule has 7 heteroatoms. The number of fused-ring (bicyclic) bond motifs is 1. The normalized spacial score (nSPS) is 17.4. The number of halogens is 1. The van der Waals surface area contributed by atoms with Crippen LogP contribution in [0.2, 0.25) is 5.02 Å². The number of piperidine rings is 1. The third kappa shape index (κ3) is 3.52. The first kappa shape index (κ1) is 19.0. The fourth-order valence-electron chi connectivity index (χ4n) is 4.29. The summed E-state index contributed by atoms with van der Waals surface area (Å²) < 4.78 is 0. The third-order valence-electron chi connectivity index (χ3n) is 5.89. The van der Waals surface area contributed by atoms with Crippen LogP contribution in [-0.4, -0.2) is 45.4 Å². The Morgan fingerprint density at radius 2 is 1.83 bits per heavy atom. The number of hydrogen-bond acceptors (Lipinski definition) is 4. The van der Waals surface area contributed by atoms with Gasteiger partial charge in [0.05, 0.1) is 23.2 Å². The van der Waals surface area contributed by atoms with E-state index in [4.69, 9.17) is 17.0 Å². The first-order valence-electron chi connectivity index (χ1n) is 10.3. The molecule has 0 spiro atoms. The van der Waals surface area contributed by atoms with Gasteiger partial charge in [-0.3, -0.25) is 5.41 Å². The summed E-state index contributed by atoms with van der Waals surface area (Å²) in [6.07, 6.45) is 3.76. The molecule has 30 heavy (non-hydrogen) atoms. The molecular weight excluding hydrogens is 398 g/mol. The molecule has 0 amide bonds. The van der Waals surface area contributed by atoms with Gasteiger partial charge in [0.2, 0.25) is 0 Å². The summed E-state index contributed by atoms with van der Waals surface area (Å²) in [5, 5.41) is 19.9. The molecule has 1 fully saturated rings. The van der Waals surface area contributed by atoms with E-state index in [0.717, 1.165) is 29.7 Å². The molecule has 2 aliphatic rings. The lowest BCUT2D eigenvalue weighted by atomic mass is 10.1. The fourth-order valence-corrected chi connectivity index (χ4v) is 4.42. The summed E-state index contributed by atoms with van der Waals surface area (Å²) in [5.41, 5.74) is 4.47. The van der Waals surface area contributed by atoms with Gasteiger partial charge < -0.3 is 19.9 Å². The zero-order valence-corrected chi connectivity index (χ0v) is 17.4. The van der Waals surface area contributed by atoms with Gasteiger partial charge in [-0.05, 0) is 55.2 Å². The Hall–Kier alpha value is -2.99. The van der Waals surface area contributed by atoms with E-state index >= 15 is 0 Å². The maximum absolute atomic E-state index is 10.6. The molecule has 1 aromatic heterocycles. The molecular formula is C23H24ClN5O. The molecule has 3 heterocycles. The zero-order chi connectivity index (χ0) is 20.7. The summed E-state index contributed by atoms with van der Waals surface area (Å²) in [7, 11) is 0. The van der Waals surface area contributed by atoms with E-state index in [2.05, 4.69) is 27.0 Å². The molecule has 2 aliphatic heterocycles. The molecule has 3 N–H and O–H groups in total. The number of amidine groups is 1. The van der Waals surface area contributed by atoms with Crippen molar-refractivity contribution in [1.29, 1.82) is 5.41 Å². The van der Waals surface area contributed by atoms with E-state index in [1.807, 2.05) is 35.2 Å². The standard InChI is InChI=1S/C23H24ClN5O/c24-16-6-4-15(5-7-16)13-29-14-20(30)21(22(29)25)23-26-18-9-8-17(12-19(18)27-23)28-10-2-1-3-11-28/h4-9,12,25,30H,1-3,10-11,13-14H2,(H,26,27). The topological polar surface area (TPSA) is 79.2 Å². The number of H-pyrrole nitrogens is 1. The molecule has 5 rings (SSSR count). The Labute approximate surface area is 180 Å². The maximum Gasteiger partial charge on any atom is 0.145 e. The van der Waals surface area contributed by atoms with Crippen LogP contribution in [0, 0.1) is 5.41 Å². The van der Waals surface area contributed by atoms with Crippen molar-refractivity contribution in [2.24, 2.45) is 0 Å². The van der Waals surface area contributed by atoms with Gasteiger partial charge in [0.1, 0.15) is 17.4 Å². The number of nitrogens with zero attached hydrogens (tertiary/aromatic N) is 3. The predicted octanol–water partition coefficient (Wildman–Crippen LogP) is 4.97. The number of aliphatic hydroxyl groups is 1. The minimum absolute atomic E-state index is 0.171. The summed E-state index contributed by atoms with van der Waals surface area (Å²) in [6.45, 7) is 3.00. The molecule has 0 atom stereocenters. The Morgan fingerprint density at radius 3 is 2.60 bits per heavy atom. The van der Waals surface area contributed by atoms with Crippen molar-refractivity contribution in [2.75, 3.05) is 24.5 Å². The minimum atomic E-state index is 0.171. The van der Waals surface area contributed by atoms with Gasteiger partial charge in [-0.2, -0.15) is 0 Å². The zero-order valence-electron chi connectivity index (χ0n) is 16.7. The van der Waals surface area contributed by atoms with Gasteiger partial charge in [0.25, 0.3) is 0 Å². The third-order valence-corrected chi connectivity index (χ3v) is 6.14. The highest BCUT2D eigenvalue weighted by atomic mass is 35.5. The summed E-state index contributed by atoms with van der Waals surface area (Å²) in [5.74, 6) is 0.990. The Balaban J connectivity index is 1.39. The lowest BCUT2D eigenvalue weighted by Gasteiger charge is -2.28. The molecule has 0 aliphatic carbocycles. The average Bonchev–Trinajstić information content (AvgIpc) is 3.29. The number of rotatable bonds is 4. The van der Waals surface area contributed by atoms with Crippen LogP contribution in [0.5, 0.6) is 0 Å². The highest BCUT2D eigenvalue weighted by molar-refractivity contribution is 6.30. The van der Waals surface area contributed by atoms with Crippen LogP contribution >= 0.6 is 11.6 Å². The number of nitrogens with one attached hydrogen (secondary N) is 2. The largest absolute Gasteiger partial charge is 0.510 e. The molecule has 2 aromatic carbocycles. The van der Waals surface area contributed by atoms with Crippen LogP contribution in [0.1, 0.15) is 30.7 Å². The van der Waals surface area contributed by atoms with Crippen LogP contribution in [0.25, 0.3) is 16.6 Å². The predicted molar refractivity (Wildman–Crippen MR) is 121 cm³/mol. The van der Waals surface area contributed by atoms with E-state index in [1.54, 1.807) is 0 Å². The van der Waals surface area contributed by atoms with Crippen LogP contribution in [-0.2, 0) is 6.54 Å². The fraction of sp³-hybridized carbons (Fsp3) is 0.304. The minimum Gasteiger partial charge on any atom is -0.510 e. The van der Waals surface area contributed by atoms with Gasteiger partial charge >= 0.3 is 0 Å². The molecule has 0 radical (unpaired) electrons. The number of anilines is 1. The lowest BCUT2D eigenvalue weighted by Crippen LogP contribution is -2.29. The van der Waals surface area contributed by atoms with E-state index in [9.17, 15) is 5.11 Å². The van der Waals surface area contributed by atoms with E-state index in [0.29, 0.717) is 29.5 Å². The van der Waals surface area contributed by atoms with Crippen molar-refractivity contribution in [3.8, 4) is 0 Å². The molecule has 154 valence electrons. The summed E-state index contributed by atoms with van der Waals surface area (Å²) in [4.78, 5) is 12.2. The number of aliphatic hydroxyl groups excluding tert-OH is 1. The van der Waals surface area contributed by atoms with Crippen LogP contribution in [0.4, 0.5) is 5.69 Å². The van der Waals surface area contributed by atoms with Crippen LogP contribution < -0.4 is 4.90 Å². The molecule has 3 aromatic rings. The van der Waals surface area contributed by atoms with Gasteiger partial charge in [-0.25, -0.2) is 4.98 Å². The number of aromatic nitrogens is 2.